The number of H-pyrrole nitrogens is 1. The molecule has 3 rings (SSSR count). The number of ether oxygens (including phenoxy) is 1. The highest BCUT2D eigenvalue weighted by Crippen LogP contribution is 2.15. The van der Waals surface area contributed by atoms with Gasteiger partial charge in [0, 0.05) is 28.4 Å². The molecule has 0 aliphatic carbocycles. The highest BCUT2D eigenvalue weighted by atomic mass is 16.5. The predicted molar refractivity (Wildman–Crippen MR) is 89.9 cm³/mol. The van der Waals surface area contributed by atoms with Crippen LogP contribution in [0.4, 0.5) is 5.69 Å². The number of benzene rings is 2. The molecule has 0 aliphatic heterocycles. The molecule has 1 aromatic heterocycles. The maximum atomic E-state index is 12.0. The third-order valence-electron chi connectivity index (χ3n) is 3.36. The van der Waals surface area contributed by atoms with Crippen molar-refractivity contribution in [1.82, 2.24) is 4.98 Å². The topological polar surface area (TPSA) is 71.2 Å². The van der Waals surface area contributed by atoms with Crippen molar-refractivity contribution in [1.29, 1.82) is 0 Å². The van der Waals surface area contributed by atoms with Crippen LogP contribution < -0.4 is 15.5 Å². The van der Waals surface area contributed by atoms with E-state index in [4.69, 9.17) is 4.74 Å². The Morgan fingerprint density at radius 1 is 1.13 bits per heavy atom. The summed E-state index contributed by atoms with van der Waals surface area (Å²) in [5.74, 6) is 0.352. The summed E-state index contributed by atoms with van der Waals surface area (Å²) in [7, 11) is 0. The van der Waals surface area contributed by atoms with E-state index in [-0.39, 0.29) is 17.9 Å². The van der Waals surface area contributed by atoms with Crippen molar-refractivity contribution in [3.05, 3.63) is 70.5 Å². The quantitative estimate of drug-likeness (QED) is 0.778. The van der Waals surface area contributed by atoms with Crippen LogP contribution in [0.3, 0.4) is 0 Å². The van der Waals surface area contributed by atoms with Gasteiger partial charge < -0.3 is 15.0 Å². The third-order valence-corrected chi connectivity index (χ3v) is 3.36. The largest absolute Gasteiger partial charge is 0.484 e. The predicted octanol–water partition coefficient (Wildman–Crippen LogP) is 2.85. The number of fused-ring (bicyclic) bond motifs is 1. The van der Waals surface area contributed by atoms with Crippen LogP contribution in [0.2, 0.25) is 0 Å². The summed E-state index contributed by atoms with van der Waals surface area (Å²) in [6, 6.07) is 15.8. The Morgan fingerprint density at radius 2 is 1.91 bits per heavy atom. The van der Waals surface area contributed by atoms with Gasteiger partial charge in [-0.3, -0.25) is 9.59 Å². The van der Waals surface area contributed by atoms with Gasteiger partial charge >= 0.3 is 0 Å². The second-order valence-electron chi connectivity index (χ2n) is 5.23. The molecule has 0 radical (unpaired) electrons. The minimum atomic E-state index is -0.281. The molecular weight excluding hydrogens is 292 g/mol. The minimum Gasteiger partial charge on any atom is -0.484 e. The Morgan fingerprint density at radius 3 is 2.70 bits per heavy atom. The number of nitrogens with one attached hydrogen (secondary N) is 2. The fraction of sp³-hybridized carbons (Fsp3) is 0.111. The van der Waals surface area contributed by atoms with Crippen molar-refractivity contribution < 1.29 is 9.53 Å². The lowest BCUT2D eigenvalue weighted by Gasteiger charge is -2.08. The van der Waals surface area contributed by atoms with Crippen molar-refractivity contribution in [2.45, 2.75) is 6.92 Å². The Balaban J connectivity index is 1.71. The monoisotopic (exact) mass is 308 g/mol. The minimum absolute atomic E-state index is 0.0760. The van der Waals surface area contributed by atoms with Crippen molar-refractivity contribution in [2.24, 2.45) is 0 Å². The normalized spacial score (nSPS) is 10.5. The van der Waals surface area contributed by atoms with Crippen LogP contribution in [-0.4, -0.2) is 17.5 Å². The van der Waals surface area contributed by atoms with E-state index < -0.39 is 0 Å². The van der Waals surface area contributed by atoms with Crippen molar-refractivity contribution in [2.75, 3.05) is 11.9 Å². The lowest BCUT2D eigenvalue weighted by atomic mass is 10.1. The van der Waals surface area contributed by atoms with E-state index in [0.29, 0.717) is 16.8 Å². The molecule has 0 saturated carbocycles. The van der Waals surface area contributed by atoms with Gasteiger partial charge in [-0.25, -0.2) is 0 Å². The highest BCUT2D eigenvalue weighted by Gasteiger charge is 2.06. The number of amides is 1. The van der Waals surface area contributed by atoms with E-state index in [1.807, 2.05) is 25.1 Å². The highest BCUT2D eigenvalue weighted by molar-refractivity contribution is 5.94. The van der Waals surface area contributed by atoms with Crippen molar-refractivity contribution in [3.8, 4) is 5.75 Å². The smallest absolute Gasteiger partial charge is 0.262 e. The van der Waals surface area contributed by atoms with Crippen molar-refractivity contribution >= 4 is 22.5 Å². The molecule has 5 heteroatoms. The lowest BCUT2D eigenvalue weighted by Crippen LogP contribution is -2.20. The summed E-state index contributed by atoms with van der Waals surface area (Å²) in [6.07, 6.45) is 0. The van der Waals surface area contributed by atoms with Gasteiger partial charge in [0.05, 0.1) is 0 Å². The number of pyridine rings is 1. The van der Waals surface area contributed by atoms with Gasteiger partial charge in [0.1, 0.15) is 5.75 Å². The molecule has 116 valence electrons. The first-order chi connectivity index (χ1) is 11.1. The van der Waals surface area contributed by atoms with E-state index in [2.05, 4.69) is 10.3 Å². The molecule has 1 amide bonds. The second-order valence-corrected chi connectivity index (χ2v) is 5.23. The average Bonchev–Trinajstić information content (AvgIpc) is 2.54. The SMILES string of the molecule is Cc1cc(=O)c2cc(NC(=O)COc3ccccc3)ccc2[nH]1. The molecule has 0 unspecified atom stereocenters. The first kappa shape index (κ1) is 14.8. The van der Waals surface area contributed by atoms with E-state index >= 15 is 0 Å². The number of rotatable bonds is 4. The third kappa shape index (κ3) is 3.58. The summed E-state index contributed by atoms with van der Waals surface area (Å²) in [5, 5.41) is 3.27. The zero-order valence-corrected chi connectivity index (χ0v) is 12.6. The van der Waals surface area contributed by atoms with Crippen LogP contribution in [0, 0.1) is 6.92 Å². The van der Waals surface area contributed by atoms with E-state index in [9.17, 15) is 9.59 Å². The number of aromatic nitrogens is 1. The van der Waals surface area contributed by atoms with Gasteiger partial charge in [-0.1, -0.05) is 18.2 Å². The van der Waals surface area contributed by atoms with Crippen LogP contribution >= 0.6 is 0 Å². The zero-order chi connectivity index (χ0) is 16.2. The number of para-hydroxylation sites is 1. The summed E-state index contributed by atoms with van der Waals surface area (Å²) in [5.41, 5.74) is 2.03. The van der Waals surface area contributed by atoms with E-state index in [1.54, 1.807) is 30.3 Å². The summed E-state index contributed by atoms with van der Waals surface area (Å²) < 4.78 is 5.39. The van der Waals surface area contributed by atoms with Gasteiger partial charge in [-0.05, 0) is 37.3 Å². The molecule has 0 fully saturated rings. The van der Waals surface area contributed by atoms with E-state index in [0.717, 1.165) is 11.2 Å². The second kappa shape index (κ2) is 6.36. The van der Waals surface area contributed by atoms with Crippen molar-refractivity contribution in [3.63, 3.8) is 0 Å². The van der Waals surface area contributed by atoms with Gasteiger partial charge in [0.2, 0.25) is 0 Å². The van der Waals surface area contributed by atoms with Gasteiger partial charge in [-0.15, -0.1) is 0 Å². The number of anilines is 1. The molecule has 0 spiro atoms. The van der Waals surface area contributed by atoms with Crippen LogP contribution in [0.15, 0.2) is 59.4 Å². The lowest BCUT2D eigenvalue weighted by molar-refractivity contribution is -0.118. The standard InChI is InChI=1S/C18H16N2O3/c1-12-9-17(21)15-10-13(7-8-16(15)19-12)20-18(22)11-23-14-5-3-2-4-6-14/h2-10H,11H2,1H3,(H,19,21)(H,20,22). The Hall–Kier alpha value is -3.08. The van der Waals surface area contributed by atoms with Gasteiger partial charge in [-0.2, -0.15) is 0 Å². The number of hydrogen-bond donors (Lipinski definition) is 2. The molecule has 0 saturated heterocycles. The Kier molecular flexibility index (Phi) is 4.10. The maximum Gasteiger partial charge on any atom is 0.262 e. The number of aryl methyl sites for hydroxylation is 1. The molecule has 2 N–H and O–H groups in total. The molecule has 0 aliphatic rings. The number of aromatic amines is 1. The first-order valence-electron chi connectivity index (χ1n) is 7.23. The van der Waals surface area contributed by atoms with Gasteiger partial charge in [0.25, 0.3) is 5.91 Å². The first-order valence-corrected chi connectivity index (χ1v) is 7.23. The number of carbonyl (C=O) groups excluding carboxylic acids is 1. The van der Waals surface area contributed by atoms with Gasteiger partial charge in [0.15, 0.2) is 12.0 Å². The molecule has 0 atom stereocenters. The molecule has 1 heterocycles. The maximum absolute atomic E-state index is 12.0. The molecule has 23 heavy (non-hydrogen) atoms. The zero-order valence-electron chi connectivity index (χ0n) is 12.6. The fourth-order valence-corrected chi connectivity index (χ4v) is 2.32. The summed E-state index contributed by atoms with van der Waals surface area (Å²) in [4.78, 5) is 27.1. The summed E-state index contributed by atoms with van der Waals surface area (Å²) >= 11 is 0. The molecule has 5 nitrogen and oxygen atoms in total. The average molecular weight is 308 g/mol. The molecule has 2 aromatic carbocycles. The van der Waals surface area contributed by atoms with Crippen LogP contribution in [0.25, 0.3) is 10.9 Å². The molecular formula is C18H16N2O3. The van der Waals surface area contributed by atoms with E-state index in [1.165, 1.54) is 6.07 Å². The number of carbonyl (C=O) groups is 1. The summed E-state index contributed by atoms with van der Waals surface area (Å²) in [6.45, 7) is 1.74. The Labute approximate surface area is 132 Å². The Bertz CT molecular complexity index is 901. The molecule has 3 aromatic rings. The van der Waals surface area contributed by atoms with Crippen LogP contribution in [0.5, 0.6) is 5.75 Å². The van der Waals surface area contributed by atoms with Crippen LogP contribution in [-0.2, 0) is 4.79 Å². The fourth-order valence-electron chi connectivity index (χ4n) is 2.32. The molecule has 0 bridgehead atoms. The van der Waals surface area contributed by atoms with Crippen LogP contribution in [0.1, 0.15) is 5.69 Å². The number of hydrogen-bond acceptors (Lipinski definition) is 3.